The van der Waals surface area contributed by atoms with E-state index in [0.29, 0.717) is 16.4 Å². The standard InChI is InChI=1S/C13H16Cl2N2O/c1-9-11(14)8-10(12(15)18)13(16-9)17-6-4-2-3-5-7-17/h8H,2-7H2,1H3. The van der Waals surface area contributed by atoms with Crippen molar-refractivity contribution in [3.63, 3.8) is 0 Å². The highest BCUT2D eigenvalue weighted by molar-refractivity contribution is 6.68. The zero-order valence-electron chi connectivity index (χ0n) is 10.4. The summed E-state index contributed by atoms with van der Waals surface area (Å²) in [6.45, 7) is 3.68. The first kappa shape index (κ1) is 13.6. The molecule has 1 aromatic rings. The van der Waals surface area contributed by atoms with Crippen LogP contribution in [0.5, 0.6) is 0 Å². The van der Waals surface area contributed by atoms with Crippen molar-refractivity contribution < 1.29 is 4.79 Å². The highest BCUT2D eigenvalue weighted by atomic mass is 35.5. The smallest absolute Gasteiger partial charge is 0.256 e. The van der Waals surface area contributed by atoms with Gasteiger partial charge in [-0.1, -0.05) is 24.4 Å². The zero-order chi connectivity index (χ0) is 13.1. The lowest BCUT2D eigenvalue weighted by molar-refractivity contribution is 0.108. The van der Waals surface area contributed by atoms with Crippen molar-refractivity contribution in [3.05, 3.63) is 22.3 Å². The summed E-state index contributed by atoms with van der Waals surface area (Å²) in [7, 11) is 0. The average Bonchev–Trinajstić information content (AvgIpc) is 2.60. The van der Waals surface area contributed by atoms with Crippen LogP contribution in [-0.4, -0.2) is 23.3 Å². The van der Waals surface area contributed by atoms with E-state index in [9.17, 15) is 4.79 Å². The van der Waals surface area contributed by atoms with E-state index in [1.165, 1.54) is 12.8 Å². The Balaban J connectivity index is 2.40. The minimum absolute atomic E-state index is 0.411. The molecule has 1 fully saturated rings. The Bertz CT molecular complexity index is 455. The van der Waals surface area contributed by atoms with Crippen LogP contribution in [0, 0.1) is 6.92 Å². The molecule has 0 bridgehead atoms. The zero-order valence-corrected chi connectivity index (χ0v) is 11.9. The third kappa shape index (κ3) is 2.96. The molecular weight excluding hydrogens is 271 g/mol. The lowest BCUT2D eigenvalue weighted by atomic mass is 10.2. The van der Waals surface area contributed by atoms with Gasteiger partial charge in [0.1, 0.15) is 5.82 Å². The van der Waals surface area contributed by atoms with Crippen LogP contribution in [0.3, 0.4) is 0 Å². The fourth-order valence-corrected chi connectivity index (χ4v) is 2.53. The Kier molecular flexibility index (Phi) is 4.46. The molecule has 2 rings (SSSR count). The Hall–Kier alpha value is -0.800. The average molecular weight is 287 g/mol. The van der Waals surface area contributed by atoms with Gasteiger partial charge >= 0.3 is 0 Å². The first-order valence-electron chi connectivity index (χ1n) is 6.21. The lowest BCUT2D eigenvalue weighted by Crippen LogP contribution is -2.27. The second-order valence-corrected chi connectivity index (χ2v) is 5.35. The fourth-order valence-electron chi connectivity index (χ4n) is 2.24. The van der Waals surface area contributed by atoms with Gasteiger partial charge < -0.3 is 4.90 Å². The highest BCUT2D eigenvalue weighted by Gasteiger charge is 2.20. The molecule has 0 saturated carbocycles. The molecule has 0 radical (unpaired) electrons. The number of carbonyl (C=O) groups is 1. The van der Waals surface area contributed by atoms with Crippen LogP contribution in [0.1, 0.15) is 41.7 Å². The first-order chi connectivity index (χ1) is 8.59. The summed E-state index contributed by atoms with van der Waals surface area (Å²) in [5.41, 5.74) is 1.15. The van der Waals surface area contributed by atoms with E-state index in [4.69, 9.17) is 23.2 Å². The van der Waals surface area contributed by atoms with E-state index < -0.39 is 5.24 Å². The first-order valence-corrected chi connectivity index (χ1v) is 6.97. The van der Waals surface area contributed by atoms with Crippen LogP contribution in [0.4, 0.5) is 5.82 Å². The third-order valence-electron chi connectivity index (χ3n) is 3.25. The molecule has 0 N–H and O–H groups in total. The normalized spacial score (nSPS) is 16.5. The molecule has 0 aromatic carbocycles. The van der Waals surface area contributed by atoms with Gasteiger partial charge in [-0.15, -0.1) is 0 Å². The van der Waals surface area contributed by atoms with Gasteiger partial charge in [-0.25, -0.2) is 4.98 Å². The van der Waals surface area contributed by atoms with Gasteiger partial charge in [0, 0.05) is 13.1 Å². The molecule has 0 unspecified atom stereocenters. The molecule has 98 valence electrons. The van der Waals surface area contributed by atoms with Gasteiger partial charge in [-0.05, 0) is 37.4 Å². The molecule has 0 spiro atoms. The summed E-state index contributed by atoms with van der Waals surface area (Å²) in [6, 6.07) is 1.62. The number of hydrogen-bond acceptors (Lipinski definition) is 3. The van der Waals surface area contributed by atoms with Gasteiger partial charge in [0.15, 0.2) is 0 Å². The van der Waals surface area contributed by atoms with E-state index in [1.807, 2.05) is 6.92 Å². The maximum absolute atomic E-state index is 11.5. The minimum atomic E-state index is -0.497. The lowest BCUT2D eigenvalue weighted by Gasteiger charge is -2.23. The Morgan fingerprint density at radius 3 is 2.44 bits per heavy atom. The Labute approximate surface area is 117 Å². The monoisotopic (exact) mass is 286 g/mol. The van der Waals surface area contributed by atoms with E-state index in [-0.39, 0.29) is 0 Å². The molecular formula is C13H16Cl2N2O. The molecule has 2 heterocycles. The number of aromatic nitrogens is 1. The second kappa shape index (κ2) is 5.89. The third-order valence-corrected chi connectivity index (χ3v) is 3.83. The van der Waals surface area contributed by atoms with Crippen molar-refractivity contribution in [2.45, 2.75) is 32.6 Å². The molecule has 0 atom stereocenters. The number of aryl methyl sites for hydroxylation is 1. The van der Waals surface area contributed by atoms with Crippen LogP contribution in [0.2, 0.25) is 5.02 Å². The van der Waals surface area contributed by atoms with Gasteiger partial charge in [-0.3, -0.25) is 4.79 Å². The molecule has 5 heteroatoms. The number of carbonyl (C=O) groups excluding carboxylic acids is 1. The molecule has 18 heavy (non-hydrogen) atoms. The topological polar surface area (TPSA) is 33.2 Å². The summed E-state index contributed by atoms with van der Waals surface area (Å²) in [4.78, 5) is 18.1. The van der Waals surface area contributed by atoms with Crippen LogP contribution in [0.25, 0.3) is 0 Å². The summed E-state index contributed by atoms with van der Waals surface area (Å²) >= 11 is 11.6. The van der Waals surface area contributed by atoms with Gasteiger partial charge in [0.2, 0.25) is 0 Å². The quantitative estimate of drug-likeness (QED) is 0.776. The fraction of sp³-hybridized carbons (Fsp3) is 0.538. The van der Waals surface area contributed by atoms with Crippen molar-refractivity contribution in [1.82, 2.24) is 4.98 Å². The van der Waals surface area contributed by atoms with Crippen molar-refractivity contribution in [2.24, 2.45) is 0 Å². The maximum atomic E-state index is 11.5. The van der Waals surface area contributed by atoms with Crippen LogP contribution < -0.4 is 4.90 Å². The maximum Gasteiger partial charge on any atom is 0.256 e. The summed E-state index contributed by atoms with van der Waals surface area (Å²) < 4.78 is 0. The summed E-state index contributed by atoms with van der Waals surface area (Å²) in [5, 5.41) is -0.0128. The predicted octanol–water partition coefficient (Wildman–Crippen LogP) is 3.80. The SMILES string of the molecule is Cc1nc(N2CCCCCC2)c(C(=O)Cl)cc1Cl. The van der Waals surface area contributed by atoms with Crippen LogP contribution >= 0.6 is 23.2 Å². The van der Waals surface area contributed by atoms with Crippen molar-refractivity contribution >= 4 is 34.3 Å². The number of anilines is 1. The molecule has 3 nitrogen and oxygen atoms in total. The minimum Gasteiger partial charge on any atom is -0.356 e. The van der Waals surface area contributed by atoms with E-state index >= 15 is 0 Å². The Morgan fingerprint density at radius 1 is 1.28 bits per heavy atom. The molecule has 0 aliphatic carbocycles. The van der Waals surface area contributed by atoms with E-state index in [1.54, 1.807) is 6.07 Å². The van der Waals surface area contributed by atoms with Crippen LogP contribution in [-0.2, 0) is 0 Å². The van der Waals surface area contributed by atoms with Crippen LogP contribution in [0.15, 0.2) is 6.07 Å². The molecule has 0 amide bonds. The summed E-state index contributed by atoms with van der Waals surface area (Å²) in [6.07, 6.45) is 4.71. The van der Waals surface area contributed by atoms with Gasteiger partial charge in [-0.2, -0.15) is 0 Å². The second-order valence-electron chi connectivity index (χ2n) is 4.60. The van der Waals surface area contributed by atoms with Gasteiger partial charge in [0.05, 0.1) is 16.3 Å². The van der Waals surface area contributed by atoms with Gasteiger partial charge in [0.25, 0.3) is 5.24 Å². The van der Waals surface area contributed by atoms with Crippen molar-refractivity contribution in [2.75, 3.05) is 18.0 Å². The number of pyridine rings is 1. The van der Waals surface area contributed by atoms with Crippen molar-refractivity contribution in [1.29, 1.82) is 0 Å². The van der Waals surface area contributed by atoms with E-state index in [2.05, 4.69) is 9.88 Å². The number of hydrogen-bond donors (Lipinski definition) is 0. The highest BCUT2D eigenvalue weighted by Crippen LogP contribution is 2.27. The number of nitrogens with zero attached hydrogens (tertiary/aromatic N) is 2. The predicted molar refractivity (Wildman–Crippen MR) is 74.8 cm³/mol. The molecule has 1 aliphatic heterocycles. The van der Waals surface area contributed by atoms with E-state index in [0.717, 1.165) is 31.6 Å². The Morgan fingerprint density at radius 2 is 1.89 bits per heavy atom. The van der Waals surface area contributed by atoms with Crippen molar-refractivity contribution in [3.8, 4) is 0 Å². The summed E-state index contributed by atoms with van der Waals surface area (Å²) in [5.74, 6) is 0.679. The molecule has 1 aliphatic rings. The molecule has 1 saturated heterocycles. The molecule has 1 aromatic heterocycles. The number of rotatable bonds is 2. The largest absolute Gasteiger partial charge is 0.356 e. The number of halogens is 2.